The van der Waals surface area contributed by atoms with E-state index in [1.165, 1.54) is 0 Å². The van der Waals surface area contributed by atoms with E-state index in [2.05, 4.69) is 27.6 Å². The minimum absolute atomic E-state index is 0.219. The van der Waals surface area contributed by atoms with Gasteiger partial charge in [0, 0.05) is 10.6 Å². The van der Waals surface area contributed by atoms with Gasteiger partial charge in [-0.1, -0.05) is 11.6 Å². The number of rotatable bonds is 5. The molecule has 0 radical (unpaired) electrons. The number of carbonyl (C=O) groups is 1. The van der Waals surface area contributed by atoms with Crippen molar-refractivity contribution in [3.05, 3.63) is 61.8 Å². The van der Waals surface area contributed by atoms with Crippen molar-refractivity contribution in [2.45, 2.75) is 6.92 Å². The van der Waals surface area contributed by atoms with Crippen molar-refractivity contribution >= 4 is 52.1 Å². The van der Waals surface area contributed by atoms with Gasteiger partial charge in [0.15, 0.2) is 17.2 Å². The van der Waals surface area contributed by atoms with Crippen LogP contribution in [0.4, 0.5) is 0 Å². The number of aliphatic imine (C=N–C) groups is 1. The minimum atomic E-state index is -0.502. The van der Waals surface area contributed by atoms with Gasteiger partial charge in [-0.05, 0) is 77.6 Å². The van der Waals surface area contributed by atoms with E-state index in [0.29, 0.717) is 28.7 Å². The van der Waals surface area contributed by atoms with E-state index in [4.69, 9.17) is 25.8 Å². The van der Waals surface area contributed by atoms with Crippen molar-refractivity contribution in [2.24, 2.45) is 4.99 Å². The van der Waals surface area contributed by atoms with Gasteiger partial charge in [-0.25, -0.2) is 9.79 Å². The molecule has 0 aromatic heterocycles. The Balaban J connectivity index is 1.95. The second kappa shape index (κ2) is 8.09. The minimum Gasteiger partial charge on any atom is -0.493 e. The molecule has 0 amide bonds. The van der Waals surface area contributed by atoms with Gasteiger partial charge in [0.25, 0.3) is 0 Å². The Morgan fingerprint density at radius 2 is 2.00 bits per heavy atom. The molecule has 0 spiro atoms. The molecule has 134 valence electrons. The lowest BCUT2D eigenvalue weighted by Gasteiger charge is -2.12. The summed E-state index contributed by atoms with van der Waals surface area (Å²) >= 11 is 8.05. The number of ether oxygens (including phenoxy) is 3. The fourth-order valence-electron chi connectivity index (χ4n) is 2.39. The van der Waals surface area contributed by atoms with Gasteiger partial charge in [-0.2, -0.15) is 0 Å². The first-order chi connectivity index (χ1) is 12.5. The Morgan fingerprint density at radius 3 is 2.65 bits per heavy atom. The number of methoxy groups -OCH3 is 1. The van der Waals surface area contributed by atoms with Crippen LogP contribution in [0.2, 0.25) is 5.02 Å². The lowest BCUT2D eigenvalue weighted by atomic mass is 10.1. The maximum absolute atomic E-state index is 12.1. The van der Waals surface area contributed by atoms with Gasteiger partial charge in [0.2, 0.25) is 5.90 Å². The van der Waals surface area contributed by atoms with Crippen LogP contribution in [0.5, 0.6) is 11.5 Å². The number of nitrogens with zero attached hydrogens (tertiary/aromatic N) is 1. The molecular formula is C19H15ClINO4. The van der Waals surface area contributed by atoms with Crippen LogP contribution in [0, 0.1) is 3.57 Å². The van der Waals surface area contributed by atoms with E-state index in [1.54, 1.807) is 43.5 Å². The van der Waals surface area contributed by atoms with Crippen LogP contribution >= 0.6 is 34.2 Å². The van der Waals surface area contributed by atoms with E-state index in [0.717, 1.165) is 9.13 Å². The smallest absolute Gasteiger partial charge is 0.363 e. The molecule has 5 nitrogen and oxygen atoms in total. The standard InChI is InChI=1S/C19H15ClINO4/c1-3-25-17-14(21)8-11(10-16(17)24-2)9-15-19(23)26-18(22-15)12-4-6-13(20)7-5-12/h4-10H,3H2,1-2H3/b15-9+. The molecule has 2 aromatic rings. The topological polar surface area (TPSA) is 57.1 Å². The highest BCUT2D eigenvalue weighted by Crippen LogP contribution is 2.35. The number of cyclic esters (lactones) is 1. The third-order valence-electron chi connectivity index (χ3n) is 3.56. The van der Waals surface area contributed by atoms with Crippen molar-refractivity contribution in [3.8, 4) is 11.5 Å². The van der Waals surface area contributed by atoms with Crippen LogP contribution in [0.3, 0.4) is 0 Å². The van der Waals surface area contributed by atoms with Crippen LogP contribution < -0.4 is 9.47 Å². The van der Waals surface area contributed by atoms with Crippen LogP contribution in [-0.4, -0.2) is 25.6 Å². The van der Waals surface area contributed by atoms with E-state index >= 15 is 0 Å². The molecule has 0 unspecified atom stereocenters. The summed E-state index contributed by atoms with van der Waals surface area (Å²) in [6, 6.07) is 10.6. The molecule has 0 atom stereocenters. The number of esters is 1. The quantitative estimate of drug-likeness (QED) is 0.352. The Kier molecular flexibility index (Phi) is 5.83. The fraction of sp³-hybridized carbons (Fsp3) is 0.158. The summed E-state index contributed by atoms with van der Waals surface area (Å²) in [6.45, 7) is 2.45. The van der Waals surface area contributed by atoms with Crippen molar-refractivity contribution in [1.82, 2.24) is 0 Å². The Bertz CT molecular complexity index is 907. The number of hydrogen-bond acceptors (Lipinski definition) is 5. The van der Waals surface area contributed by atoms with E-state index < -0.39 is 5.97 Å². The van der Waals surface area contributed by atoms with Gasteiger partial charge in [-0.15, -0.1) is 0 Å². The molecule has 1 aliphatic heterocycles. The molecule has 0 N–H and O–H groups in total. The zero-order chi connectivity index (χ0) is 18.7. The Labute approximate surface area is 169 Å². The molecule has 0 saturated carbocycles. The number of halogens is 2. The SMILES string of the molecule is CCOc1c(I)cc(/C=C2/N=C(c3ccc(Cl)cc3)OC2=O)cc1OC. The Morgan fingerprint density at radius 1 is 1.27 bits per heavy atom. The third kappa shape index (κ3) is 4.02. The largest absolute Gasteiger partial charge is 0.493 e. The lowest BCUT2D eigenvalue weighted by molar-refractivity contribution is -0.129. The summed E-state index contributed by atoms with van der Waals surface area (Å²) in [5.41, 5.74) is 1.67. The summed E-state index contributed by atoms with van der Waals surface area (Å²) in [5.74, 6) is 1.03. The van der Waals surface area contributed by atoms with Crippen LogP contribution in [0.1, 0.15) is 18.1 Å². The van der Waals surface area contributed by atoms with Crippen molar-refractivity contribution in [3.63, 3.8) is 0 Å². The molecule has 1 aliphatic rings. The van der Waals surface area contributed by atoms with Gasteiger partial charge < -0.3 is 14.2 Å². The normalized spacial score (nSPS) is 15.0. The van der Waals surface area contributed by atoms with Gasteiger partial charge in [0.1, 0.15) is 0 Å². The van der Waals surface area contributed by atoms with E-state index in [-0.39, 0.29) is 11.6 Å². The first-order valence-electron chi connectivity index (χ1n) is 7.80. The molecule has 3 rings (SSSR count). The predicted octanol–water partition coefficient (Wildman–Crippen LogP) is 4.70. The molecule has 0 aliphatic carbocycles. The molecular weight excluding hydrogens is 469 g/mol. The highest BCUT2D eigenvalue weighted by Gasteiger charge is 2.24. The fourth-order valence-corrected chi connectivity index (χ4v) is 3.30. The predicted molar refractivity (Wildman–Crippen MR) is 109 cm³/mol. The van der Waals surface area contributed by atoms with Crippen LogP contribution in [-0.2, 0) is 9.53 Å². The van der Waals surface area contributed by atoms with Crippen molar-refractivity contribution in [1.29, 1.82) is 0 Å². The first kappa shape index (κ1) is 18.7. The lowest BCUT2D eigenvalue weighted by Crippen LogP contribution is -2.05. The highest BCUT2D eigenvalue weighted by atomic mass is 127. The summed E-state index contributed by atoms with van der Waals surface area (Å²) in [4.78, 5) is 16.4. The first-order valence-corrected chi connectivity index (χ1v) is 9.26. The third-order valence-corrected chi connectivity index (χ3v) is 4.61. The average molecular weight is 484 g/mol. The van der Waals surface area contributed by atoms with E-state index in [9.17, 15) is 4.79 Å². The second-order valence-corrected chi connectivity index (χ2v) is 6.91. The molecule has 26 heavy (non-hydrogen) atoms. The van der Waals surface area contributed by atoms with Crippen molar-refractivity contribution < 1.29 is 19.0 Å². The summed E-state index contributed by atoms with van der Waals surface area (Å²) < 4.78 is 17.1. The maximum atomic E-state index is 12.1. The summed E-state index contributed by atoms with van der Waals surface area (Å²) in [6.07, 6.45) is 1.66. The second-order valence-electron chi connectivity index (χ2n) is 5.31. The summed E-state index contributed by atoms with van der Waals surface area (Å²) in [5, 5.41) is 0.602. The van der Waals surface area contributed by atoms with Crippen LogP contribution in [0.25, 0.3) is 6.08 Å². The average Bonchev–Trinajstić information content (AvgIpc) is 2.98. The van der Waals surface area contributed by atoms with Crippen LogP contribution in [0.15, 0.2) is 47.1 Å². The zero-order valence-corrected chi connectivity index (χ0v) is 17.0. The molecule has 1 heterocycles. The number of carbonyl (C=O) groups excluding carboxylic acids is 1. The highest BCUT2D eigenvalue weighted by molar-refractivity contribution is 14.1. The van der Waals surface area contributed by atoms with E-state index in [1.807, 2.05) is 13.0 Å². The molecule has 0 fully saturated rings. The zero-order valence-electron chi connectivity index (χ0n) is 14.1. The summed E-state index contributed by atoms with van der Waals surface area (Å²) in [7, 11) is 1.57. The Hall–Kier alpha value is -2.06. The molecule has 0 saturated heterocycles. The van der Waals surface area contributed by atoms with Crippen molar-refractivity contribution in [2.75, 3.05) is 13.7 Å². The monoisotopic (exact) mass is 483 g/mol. The number of hydrogen-bond donors (Lipinski definition) is 0. The molecule has 7 heteroatoms. The molecule has 2 aromatic carbocycles. The van der Waals surface area contributed by atoms with Gasteiger partial charge in [-0.3, -0.25) is 0 Å². The molecule has 0 bridgehead atoms. The number of benzene rings is 2. The van der Waals surface area contributed by atoms with Gasteiger partial charge >= 0.3 is 5.97 Å². The van der Waals surface area contributed by atoms with Gasteiger partial charge in [0.05, 0.1) is 17.3 Å². The maximum Gasteiger partial charge on any atom is 0.363 e.